The minimum Gasteiger partial charge on any atom is -0.411 e. The van der Waals surface area contributed by atoms with Gasteiger partial charge in [0.1, 0.15) is 12.3 Å². The van der Waals surface area contributed by atoms with Crippen molar-refractivity contribution in [2.75, 3.05) is 0 Å². The maximum Gasteiger partial charge on any atom is 0.162 e. The minimum atomic E-state index is -0.202. The Balaban J connectivity index is 2.78. The molecule has 1 rings (SSSR count). The van der Waals surface area contributed by atoms with Crippen LogP contribution in [0.25, 0.3) is 0 Å². The molecule has 0 aliphatic heterocycles. The molecule has 0 saturated carbocycles. The molecule has 10 heavy (non-hydrogen) atoms. The first kappa shape index (κ1) is 6.76. The summed E-state index contributed by atoms with van der Waals surface area (Å²) in [5.74, 6) is 0.342. The fourth-order valence-electron chi connectivity index (χ4n) is 0.523. The van der Waals surface area contributed by atoms with Crippen LogP contribution in [0.3, 0.4) is 0 Å². The van der Waals surface area contributed by atoms with Crippen LogP contribution >= 0.6 is 0 Å². The van der Waals surface area contributed by atoms with Gasteiger partial charge in [0, 0.05) is 6.07 Å². The van der Waals surface area contributed by atoms with Crippen molar-refractivity contribution in [1.82, 2.24) is 5.16 Å². The quantitative estimate of drug-likeness (QED) is 0.345. The highest BCUT2D eigenvalue weighted by molar-refractivity contribution is 5.75. The summed E-state index contributed by atoms with van der Waals surface area (Å²) in [5.41, 5.74) is 0.381. The van der Waals surface area contributed by atoms with Crippen LogP contribution in [-0.4, -0.2) is 21.7 Å². The zero-order valence-electron chi connectivity index (χ0n) is 5.06. The molecule has 0 spiro atoms. The van der Waals surface area contributed by atoms with Crippen molar-refractivity contribution in [2.45, 2.75) is 6.61 Å². The number of hydrogen-bond acceptors (Lipinski definition) is 5. The van der Waals surface area contributed by atoms with Crippen LogP contribution in [0.4, 0.5) is 0 Å². The zero-order valence-corrected chi connectivity index (χ0v) is 5.06. The van der Waals surface area contributed by atoms with Crippen molar-refractivity contribution in [3.05, 3.63) is 17.5 Å². The van der Waals surface area contributed by atoms with Crippen LogP contribution in [0.5, 0.6) is 0 Å². The number of hydrogen-bond donors (Lipinski definition) is 2. The lowest BCUT2D eigenvalue weighted by molar-refractivity contribution is 0.229. The van der Waals surface area contributed by atoms with E-state index in [0.29, 0.717) is 11.5 Å². The highest BCUT2D eigenvalue weighted by Gasteiger charge is 1.98. The van der Waals surface area contributed by atoms with Gasteiger partial charge in [0.25, 0.3) is 0 Å². The molecule has 0 saturated heterocycles. The number of nitrogens with zero attached hydrogens (tertiary/aromatic N) is 2. The second-order valence-electron chi connectivity index (χ2n) is 1.62. The molecule has 1 heterocycles. The second-order valence-corrected chi connectivity index (χ2v) is 1.62. The Hall–Kier alpha value is -1.36. The SMILES string of the molecule is OCc1cc(/C=N\O)no1. The van der Waals surface area contributed by atoms with E-state index in [1.165, 1.54) is 6.07 Å². The van der Waals surface area contributed by atoms with Crippen molar-refractivity contribution in [3.63, 3.8) is 0 Å². The molecule has 0 radical (unpaired) electrons. The molecule has 0 atom stereocenters. The van der Waals surface area contributed by atoms with Gasteiger partial charge in [-0.25, -0.2) is 0 Å². The summed E-state index contributed by atoms with van der Waals surface area (Å²) in [6.07, 6.45) is 1.11. The molecular weight excluding hydrogens is 136 g/mol. The summed E-state index contributed by atoms with van der Waals surface area (Å²) in [7, 11) is 0. The van der Waals surface area contributed by atoms with E-state index >= 15 is 0 Å². The van der Waals surface area contributed by atoms with Gasteiger partial charge in [-0.2, -0.15) is 0 Å². The molecule has 0 aliphatic carbocycles. The third kappa shape index (κ3) is 1.32. The van der Waals surface area contributed by atoms with E-state index in [4.69, 9.17) is 10.3 Å². The Bertz CT molecular complexity index is 231. The molecule has 1 aromatic rings. The summed E-state index contributed by atoms with van der Waals surface area (Å²) < 4.78 is 4.56. The summed E-state index contributed by atoms with van der Waals surface area (Å²) in [5, 5.41) is 22.7. The van der Waals surface area contributed by atoms with Gasteiger partial charge in [0.05, 0.1) is 6.21 Å². The number of rotatable bonds is 2. The predicted octanol–water partition coefficient (Wildman–Crippen LogP) is -0.0250. The molecule has 0 fully saturated rings. The topological polar surface area (TPSA) is 78.9 Å². The Morgan fingerprint density at radius 1 is 1.80 bits per heavy atom. The van der Waals surface area contributed by atoms with Crippen LogP contribution in [0, 0.1) is 0 Å². The second kappa shape index (κ2) is 2.98. The van der Waals surface area contributed by atoms with Crippen molar-refractivity contribution in [1.29, 1.82) is 0 Å². The molecule has 0 aromatic carbocycles. The van der Waals surface area contributed by atoms with Gasteiger partial charge in [-0.3, -0.25) is 0 Å². The van der Waals surface area contributed by atoms with E-state index in [9.17, 15) is 0 Å². The first-order valence-corrected chi connectivity index (χ1v) is 2.60. The van der Waals surface area contributed by atoms with E-state index in [2.05, 4.69) is 14.8 Å². The first-order valence-electron chi connectivity index (χ1n) is 2.60. The lowest BCUT2D eigenvalue weighted by atomic mass is 10.4. The monoisotopic (exact) mass is 142 g/mol. The third-order valence-corrected chi connectivity index (χ3v) is 0.923. The van der Waals surface area contributed by atoms with Gasteiger partial charge in [-0.15, -0.1) is 0 Å². The Morgan fingerprint density at radius 2 is 2.60 bits per heavy atom. The molecule has 0 unspecified atom stereocenters. The average Bonchev–Trinajstić information content (AvgIpc) is 2.37. The molecule has 5 heteroatoms. The minimum absolute atomic E-state index is 0.202. The standard InChI is InChI=1S/C5H6N2O3/c8-3-5-1-4(2-6-9)7-10-5/h1-2,8-9H,3H2/b6-2-. The summed E-state index contributed by atoms with van der Waals surface area (Å²) in [4.78, 5) is 0. The third-order valence-electron chi connectivity index (χ3n) is 0.923. The van der Waals surface area contributed by atoms with Gasteiger partial charge in [0.15, 0.2) is 5.76 Å². The fraction of sp³-hybridized carbons (Fsp3) is 0.200. The Morgan fingerprint density at radius 3 is 3.10 bits per heavy atom. The van der Waals surface area contributed by atoms with Crippen LogP contribution in [0.15, 0.2) is 15.7 Å². The molecular formula is C5H6N2O3. The van der Waals surface area contributed by atoms with Gasteiger partial charge >= 0.3 is 0 Å². The van der Waals surface area contributed by atoms with E-state index < -0.39 is 0 Å². The molecule has 0 aliphatic rings. The number of aromatic nitrogens is 1. The summed E-state index contributed by atoms with van der Waals surface area (Å²) in [6.45, 7) is -0.202. The van der Waals surface area contributed by atoms with E-state index in [1.807, 2.05) is 0 Å². The first-order chi connectivity index (χ1) is 4.86. The van der Waals surface area contributed by atoms with E-state index in [1.54, 1.807) is 0 Å². The Kier molecular flexibility index (Phi) is 2.01. The predicted molar refractivity (Wildman–Crippen MR) is 31.8 cm³/mol. The average molecular weight is 142 g/mol. The fourth-order valence-corrected chi connectivity index (χ4v) is 0.523. The lowest BCUT2D eigenvalue weighted by Crippen LogP contribution is -1.77. The van der Waals surface area contributed by atoms with Crippen LogP contribution in [-0.2, 0) is 6.61 Å². The lowest BCUT2D eigenvalue weighted by Gasteiger charge is -1.76. The smallest absolute Gasteiger partial charge is 0.162 e. The summed E-state index contributed by atoms with van der Waals surface area (Å²) in [6, 6.07) is 1.47. The number of oxime groups is 1. The number of aliphatic hydroxyl groups excluding tert-OH is 1. The van der Waals surface area contributed by atoms with Crippen LogP contribution < -0.4 is 0 Å². The molecule has 2 N–H and O–H groups in total. The summed E-state index contributed by atoms with van der Waals surface area (Å²) >= 11 is 0. The highest BCUT2D eigenvalue weighted by atomic mass is 16.5. The van der Waals surface area contributed by atoms with E-state index in [0.717, 1.165) is 6.21 Å². The largest absolute Gasteiger partial charge is 0.411 e. The van der Waals surface area contributed by atoms with Gasteiger partial charge in [-0.1, -0.05) is 10.3 Å². The van der Waals surface area contributed by atoms with Gasteiger partial charge < -0.3 is 14.8 Å². The Labute approximate surface area is 56.6 Å². The zero-order chi connectivity index (χ0) is 7.40. The molecule has 0 bridgehead atoms. The molecule has 1 aromatic heterocycles. The van der Waals surface area contributed by atoms with Crippen molar-refractivity contribution >= 4 is 6.21 Å². The van der Waals surface area contributed by atoms with Crippen molar-refractivity contribution in [2.24, 2.45) is 5.16 Å². The van der Waals surface area contributed by atoms with Crippen molar-refractivity contribution in [3.8, 4) is 0 Å². The highest BCUT2D eigenvalue weighted by Crippen LogP contribution is 1.99. The molecule has 0 amide bonds. The van der Waals surface area contributed by atoms with Gasteiger partial charge in [0.2, 0.25) is 0 Å². The normalized spacial score (nSPS) is 10.9. The van der Waals surface area contributed by atoms with E-state index in [-0.39, 0.29) is 6.61 Å². The molecule has 54 valence electrons. The maximum atomic E-state index is 8.48. The van der Waals surface area contributed by atoms with Crippen molar-refractivity contribution < 1.29 is 14.8 Å². The van der Waals surface area contributed by atoms with Gasteiger partial charge in [-0.05, 0) is 0 Å². The van der Waals surface area contributed by atoms with Crippen LogP contribution in [0.2, 0.25) is 0 Å². The maximum absolute atomic E-state index is 8.48. The number of aliphatic hydroxyl groups is 1. The van der Waals surface area contributed by atoms with Crippen LogP contribution in [0.1, 0.15) is 11.5 Å². The molecule has 5 nitrogen and oxygen atoms in total.